The topological polar surface area (TPSA) is 35.5 Å². The molecule has 0 heterocycles. The Morgan fingerprint density at radius 2 is 1.33 bits per heavy atom. The Labute approximate surface area is 112 Å². The average molecular weight is 258 g/mol. The molecule has 0 aliphatic carbocycles. The summed E-state index contributed by atoms with van der Waals surface area (Å²) in [7, 11) is 0. The summed E-state index contributed by atoms with van der Waals surface area (Å²) in [4.78, 5) is 20.4. The van der Waals surface area contributed by atoms with Crippen molar-refractivity contribution in [2.75, 3.05) is 6.61 Å². The molecule has 0 saturated carbocycles. The van der Waals surface area contributed by atoms with Crippen LogP contribution in [-0.2, 0) is 14.6 Å². The van der Waals surface area contributed by atoms with Crippen molar-refractivity contribution in [3.8, 4) is 0 Å². The van der Waals surface area contributed by atoms with Gasteiger partial charge in [0.05, 0.1) is 6.61 Å². The fourth-order valence-electron chi connectivity index (χ4n) is 1.82. The highest BCUT2D eigenvalue weighted by atomic mass is 17.2. The molecule has 0 aliphatic heterocycles. The summed E-state index contributed by atoms with van der Waals surface area (Å²) < 4.78 is 0. The first-order chi connectivity index (χ1) is 8.81. The summed E-state index contributed by atoms with van der Waals surface area (Å²) in [6, 6.07) is 0. The van der Waals surface area contributed by atoms with E-state index in [0.29, 0.717) is 13.0 Å². The lowest BCUT2D eigenvalue weighted by atomic mass is 10.1. The van der Waals surface area contributed by atoms with Gasteiger partial charge >= 0.3 is 5.97 Å². The highest BCUT2D eigenvalue weighted by Crippen LogP contribution is 2.09. The van der Waals surface area contributed by atoms with Crippen LogP contribution in [0.1, 0.15) is 84.5 Å². The van der Waals surface area contributed by atoms with Crippen LogP contribution >= 0.6 is 0 Å². The quantitative estimate of drug-likeness (QED) is 0.270. The minimum atomic E-state index is -0.256. The predicted octanol–water partition coefficient (Wildman–Crippen LogP) is 4.79. The molecule has 108 valence electrons. The fraction of sp³-hybridized carbons (Fsp3) is 0.933. The van der Waals surface area contributed by atoms with Gasteiger partial charge in [-0.15, -0.1) is 0 Å². The minimum Gasteiger partial charge on any atom is -0.298 e. The Balaban J connectivity index is 3.01. The number of carbonyl (C=O) groups is 1. The molecule has 0 saturated heterocycles. The molecular formula is C15H30O3. The van der Waals surface area contributed by atoms with E-state index in [1.807, 2.05) is 6.92 Å². The van der Waals surface area contributed by atoms with Crippen LogP contribution in [0.2, 0.25) is 0 Å². The van der Waals surface area contributed by atoms with Crippen LogP contribution in [0.4, 0.5) is 0 Å². The molecule has 0 fully saturated rings. The van der Waals surface area contributed by atoms with E-state index in [4.69, 9.17) is 4.89 Å². The Morgan fingerprint density at radius 1 is 0.778 bits per heavy atom. The Hall–Kier alpha value is -0.570. The molecule has 0 unspecified atom stereocenters. The third-order valence-corrected chi connectivity index (χ3v) is 2.94. The van der Waals surface area contributed by atoms with E-state index in [0.717, 1.165) is 12.8 Å². The summed E-state index contributed by atoms with van der Waals surface area (Å²) in [5.74, 6) is -0.256. The van der Waals surface area contributed by atoms with Crippen molar-refractivity contribution in [2.45, 2.75) is 84.5 Å². The van der Waals surface area contributed by atoms with Gasteiger partial charge in [0.1, 0.15) is 0 Å². The van der Waals surface area contributed by atoms with E-state index in [2.05, 4.69) is 11.8 Å². The maximum absolute atomic E-state index is 11.0. The van der Waals surface area contributed by atoms with E-state index in [9.17, 15) is 4.79 Å². The first-order valence-electron chi connectivity index (χ1n) is 7.63. The van der Waals surface area contributed by atoms with E-state index < -0.39 is 0 Å². The average Bonchev–Trinajstić information content (AvgIpc) is 2.36. The number of hydrogen-bond donors (Lipinski definition) is 0. The maximum atomic E-state index is 11.0. The highest BCUT2D eigenvalue weighted by molar-refractivity contribution is 5.68. The molecule has 0 aromatic heterocycles. The zero-order valence-electron chi connectivity index (χ0n) is 12.2. The van der Waals surface area contributed by atoms with Crippen molar-refractivity contribution < 1.29 is 14.6 Å². The second-order valence-electron chi connectivity index (χ2n) is 4.86. The van der Waals surface area contributed by atoms with Gasteiger partial charge in [-0.2, -0.15) is 4.89 Å². The summed E-state index contributed by atoms with van der Waals surface area (Å²) in [6.45, 7) is 4.72. The molecule has 0 atom stereocenters. The Bertz CT molecular complexity index is 181. The number of hydrogen-bond acceptors (Lipinski definition) is 3. The molecule has 0 radical (unpaired) electrons. The highest BCUT2D eigenvalue weighted by Gasteiger charge is 2.01. The second kappa shape index (κ2) is 14.5. The van der Waals surface area contributed by atoms with Gasteiger partial charge in [0.25, 0.3) is 0 Å². The van der Waals surface area contributed by atoms with E-state index in [-0.39, 0.29) is 5.97 Å². The van der Waals surface area contributed by atoms with Crippen molar-refractivity contribution in [3.05, 3.63) is 0 Å². The largest absolute Gasteiger partial charge is 0.342 e. The van der Waals surface area contributed by atoms with Crippen LogP contribution in [0, 0.1) is 0 Å². The number of carbonyl (C=O) groups excluding carboxylic acids is 1. The standard InChI is InChI=1S/C15H30O3/c1-3-5-6-7-8-9-10-11-12-14-17-18-15(16)13-4-2/h3-14H2,1-2H3. The van der Waals surface area contributed by atoms with Crippen LogP contribution in [0.15, 0.2) is 0 Å². The second-order valence-corrected chi connectivity index (χ2v) is 4.86. The molecule has 0 N–H and O–H groups in total. The monoisotopic (exact) mass is 258 g/mol. The molecule has 0 bridgehead atoms. The van der Waals surface area contributed by atoms with E-state index in [1.54, 1.807) is 0 Å². The molecule has 3 nitrogen and oxygen atoms in total. The Kier molecular flexibility index (Phi) is 14.0. The van der Waals surface area contributed by atoms with Gasteiger partial charge in [-0.05, 0) is 12.8 Å². The first-order valence-corrected chi connectivity index (χ1v) is 7.63. The molecule has 0 amide bonds. The molecule has 0 aliphatic rings. The summed E-state index contributed by atoms with van der Waals surface area (Å²) in [5.41, 5.74) is 0. The van der Waals surface area contributed by atoms with Crippen LogP contribution in [0.3, 0.4) is 0 Å². The van der Waals surface area contributed by atoms with E-state index >= 15 is 0 Å². The van der Waals surface area contributed by atoms with Gasteiger partial charge in [0.2, 0.25) is 0 Å². The Morgan fingerprint density at radius 3 is 1.89 bits per heavy atom. The van der Waals surface area contributed by atoms with Crippen LogP contribution in [-0.4, -0.2) is 12.6 Å². The van der Waals surface area contributed by atoms with Crippen LogP contribution in [0.25, 0.3) is 0 Å². The lowest BCUT2D eigenvalue weighted by Crippen LogP contribution is -2.05. The SMILES string of the molecule is CCCCCCCCCCCOOC(=O)CCC. The summed E-state index contributed by atoms with van der Waals surface area (Å²) in [5, 5.41) is 0. The lowest BCUT2D eigenvalue weighted by molar-refractivity contribution is -0.272. The molecule has 18 heavy (non-hydrogen) atoms. The van der Waals surface area contributed by atoms with Crippen molar-refractivity contribution >= 4 is 5.97 Å². The van der Waals surface area contributed by atoms with Gasteiger partial charge in [-0.3, -0.25) is 4.89 Å². The van der Waals surface area contributed by atoms with Gasteiger partial charge in [-0.1, -0.05) is 65.2 Å². The molecule has 0 aromatic carbocycles. The maximum Gasteiger partial charge on any atom is 0.342 e. The summed E-state index contributed by atoms with van der Waals surface area (Å²) >= 11 is 0. The zero-order chi connectivity index (χ0) is 13.5. The normalized spacial score (nSPS) is 10.6. The predicted molar refractivity (Wildman–Crippen MR) is 74.2 cm³/mol. The molecule has 0 spiro atoms. The number of rotatable bonds is 13. The van der Waals surface area contributed by atoms with Crippen molar-refractivity contribution in [3.63, 3.8) is 0 Å². The molecule has 0 rings (SSSR count). The first kappa shape index (κ1) is 17.4. The zero-order valence-corrected chi connectivity index (χ0v) is 12.2. The van der Waals surface area contributed by atoms with Crippen LogP contribution in [0.5, 0.6) is 0 Å². The minimum absolute atomic E-state index is 0.256. The van der Waals surface area contributed by atoms with Crippen LogP contribution < -0.4 is 0 Å². The number of unbranched alkanes of at least 4 members (excludes halogenated alkanes) is 8. The van der Waals surface area contributed by atoms with Gasteiger partial charge in [0, 0.05) is 6.42 Å². The molecule has 3 heteroatoms. The smallest absolute Gasteiger partial charge is 0.298 e. The van der Waals surface area contributed by atoms with Crippen molar-refractivity contribution in [2.24, 2.45) is 0 Å². The third-order valence-electron chi connectivity index (χ3n) is 2.94. The van der Waals surface area contributed by atoms with Gasteiger partial charge in [0.15, 0.2) is 0 Å². The third kappa shape index (κ3) is 13.5. The molecule has 0 aromatic rings. The summed E-state index contributed by atoms with van der Waals surface area (Å²) in [6.07, 6.45) is 12.8. The lowest BCUT2D eigenvalue weighted by Gasteiger charge is -2.03. The van der Waals surface area contributed by atoms with Gasteiger partial charge < -0.3 is 0 Å². The fourth-order valence-corrected chi connectivity index (χ4v) is 1.82. The van der Waals surface area contributed by atoms with Crippen molar-refractivity contribution in [1.29, 1.82) is 0 Å². The molecular weight excluding hydrogens is 228 g/mol. The van der Waals surface area contributed by atoms with E-state index in [1.165, 1.54) is 51.4 Å². The van der Waals surface area contributed by atoms with Gasteiger partial charge in [-0.25, -0.2) is 4.79 Å². The van der Waals surface area contributed by atoms with Crippen molar-refractivity contribution in [1.82, 2.24) is 0 Å².